The number of nitrogens with zero attached hydrogens (tertiary/aromatic N) is 2. The molecule has 0 aliphatic heterocycles. The van der Waals surface area contributed by atoms with Gasteiger partial charge in [0.15, 0.2) is 0 Å². The number of halogens is 1. The van der Waals surface area contributed by atoms with Crippen molar-refractivity contribution in [3.8, 4) is 0 Å². The molecule has 2 atom stereocenters. The van der Waals surface area contributed by atoms with Gasteiger partial charge in [-0.05, 0) is 47.9 Å². The number of unbranched alkanes of at least 4 members (excludes halogenated alkanes) is 1. The van der Waals surface area contributed by atoms with Gasteiger partial charge in [0.1, 0.15) is 4.47 Å². The quantitative estimate of drug-likeness (QED) is 0.844. The Morgan fingerprint density at radius 2 is 2.35 bits per heavy atom. The van der Waals surface area contributed by atoms with Crippen LogP contribution >= 0.6 is 27.7 Å². The fraction of sp³-hybridized carbons (Fsp3) is 0.714. The van der Waals surface area contributed by atoms with Crippen molar-refractivity contribution in [3.63, 3.8) is 0 Å². The number of anilines is 1. The van der Waals surface area contributed by atoms with E-state index < -0.39 is 0 Å². The van der Waals surface area contributed by atoms with Gasteiger partial charge < -0.3 is 5.32 Å². The van der Waals surface area contributed by atoms with E-state index in [2.05, 4.69) is 39.5 Å². The molecule has 1 fully saturated rings. The van der Waals surface area contributed by atoms with Crippen molar-refractivity contribution in [3.05, 3.63) is 21.0 Å². The summed E-state index contributed by atoms with van der Waals surface area (Å²) in [4.78, 5) is 12.2. The van der Waals surface area contributed by atoms with Crippen LogP contribution in [0.15, 0.2) is 15.5 Å². The Bertz CT molecular complexity index is 506. The van der Waals surface area contributed by atoms with Crippen LogP contribution in [0, 0.1) is 0 Å². The zero-order valence-corrected chi connectivity index (χ0v) is 14.5. The minimum Gasteiger partial charge on any atom is -0.380 e. The summed E-state index contributed by atoms with van der Waals surface area (Å²) in [6.45, 7) is 2.80. The standard InChI is InChI=1S/C14H22BrN3OS/c1-3-4-7-18-14(19)13(15)12(9-16-18)17-10-5-6-11(8-10)20-2/h9-11,17H,3-8H2,1-2H3. The molecule has 0 spiro atoms. The van der Waals surface area contributed by atoms with Gasteiger partial charge in [0.25, 0.3) is 5.56 Å². The summed E-state index contributed by atoms with van der Waals surface area (Å²) in [5, 5.41) is 8.47. The number of hydrogen-bond acceptors (Lipinski definition) is 4. The van der Waals surface area contributed by atoms with Crippen molar-refractivity contribution in [2.75, 3.05) is 11.6 Å². The first-order chi connectivity index (χ1) is 9.65. The molecule has 0 amide bonds. The van der Waals surface area contributed by atoms with Crippen LogP contribution in [-0.2, 0) is 6.54 Å². The Kier molecular flexibility index (Phi) is 5.96. The monoisotopic (exact) mass is 359 g/mol. The summed E-state index contributed by atoms with van der Waals surface area (Å²) < 4.78 is 2.15. The molecule has 1 aliphatic rings. The van der Waals surface area contributed by atoms with Crippen LogP contribution in [0.5, 0.6) is 0 Å². The number of hydrogen-bond donors (Lipinski definition) is 1. The number of rotatable bonds is 6. The van der Waals surface area contributed by atoms with Crippen LogP contribution in [-0.4, -0.2) is 27.3 Å². The van der Waals surface area contributed by atoms with Gasteiger partial charge in [0, 0.05) is 17.8 Å². The molecule has 1 heterocycles. The van der Waals surface area contributed by atoms with Gasteiger partial charge in [0.2, 0.25) is 0 Å². The van der Waals surface area contributed by atoms with Crippen molar-refractivity contribution in [1.29, 1.82) is 0 Å². The normalized spacial score (nSPS) is 22.1. The van der Waals surface area contributed by atoms with E-state index >= 15 is 0 Å². The Morgan fingerprint density at radius 1 is 1.55 bits per heavy atom. The Morgan fingerprint density at radius 3 is 3.00 bits per heavy atom. The average molecular weight is 360 g/mol. The zero-order chi connectivity index (χ0) is 14.5. The summed E-state index contributed by atoms with van der Waals surface area (Å²) in [5.74, 6) is 0. The lowest BCUT2D eigenvalue weighted by Crippen LogP contribution is -2.26. The van der Waals surface area contributed by atoms with Crippen molar-refractivity contribution in [1.82, 2.24) is 9.78 Å². The lowest BCUT2D eigenvalue weighted by atomic mass is 10.2. The van der Waals surface area contributed by atoms with Crippen molar-refractivity contribution < 1.29 is 0 Å². The summed E-state index contributed by atoms with van der Waals surface area (Å²) >= 11 is 5.35. The highest BCUT2D eigenvalue weighted by Crippen LogP contribution is 2.31. The van der Waals surface area contributed by atoms with Crippen LogP contribution in [0.25, 0.3) is 0 Å². The molecule has 1 saturated carbocycles. The number of aromatic nitrogens is 2. The second kappa shape index (κ2) is 7.50. The maximum absolute atomic E-state index is 12.2. The highest BCUT2D eigenvalue weighted by atomic mass is 79.9. The molecule has 0 radical (unpaired) electrons. The highest BCUT2D eigenvalue weighted by molar-refractivity contribution is 9.10. The molecule has 4 nitrogen and oxygen atoms in total. The predicted octanol–water partition coefficient (Wildman–Crippen LogP) is 3.50. The molecule has 1 aromatic rings. The fourth-order valence-electron chi connectivity index (χ4n) is 2.54. The minimum atomic E-state index is -0.0390. The number of thioether (sulfide) groups is 1. The zero-order valence-electron chi connectivity index (χ0n) is 12.1. The Hall–Kier alpha value is -0.490. The Balaban J connectivity index is 2.06. The summed E-state index contributed by atoms with van der Waals surface area (Å²) in [5.41, 5.74) is 0.789. The van der Waals surface area contributed by atoms with Gasteiger partial charge in [-0.2, -0.15) is 16.9 Å². The molecule has 1 aliphatic carbocycles. The van der Waals surface area contributed by atoms with Crippen LogP contribution in [0.4, 0.5) is 5.69 Å². The van der Waals surface area contributed by atoms with Gasteiger partial charge in [-0.3, -0.25) is 4.79 Å². The van der Waals surface area contributed by atoms with E-state index in [1.54, 1.807) is 6.20 Å². The van der Waals surface area contributed by atoms with Crippen LogP contribution in [0.3, 0.4) is 0 Å². The largest absolute Gasteiger partial charge is 0.380 e. The third kappa shape index (κ3) is 3.79. The second-order valence-electron chi connectivity index (χ2n) is 5.27. The van der Waals surface area contributed by atoms with E-state index in [9.17, 15) is 4.79 Å². The van der Waals surface area contributed by atoms with Gasteiger partial charge in [0.05, 0.1) is 11.9 Å². The molecule has 1 aromatic heterocycles. The predicted molar refractivity (Wildman–Crippen MR) is 89.7 cm³/mol. The molecule has 0 saturated heterocycles. The van der Waals surface area contributed by atoms with E-state index in [0.717, 1.165) is 36.6 Å². The smallest absolute Gasteiger partial charge is 0.283 e. The van der Waals surface area contributed by atoms with E-state index in [4.69, 9.17) is 0 Å². The molecule has 112 valence electrons. The minimum absolute atomic E-state index is 0.0390. The third-order valence-electron chi connectivity index (χ3n) is 3.79. The molecule has 1 N–H and O–H groups in total. The number of aryl methyl sites for hydroxylation is 1. The summed E-state index contributed by atoms with van der Waals surface area (Å²) in [6, 6.07) is 0.455. The maximum atomic E-state index is 12.2. The highest BCUT2D eigenvalue weighted by Gasteiger charge is 2.24. The van der Waals surface area contributed by atoms with E-state index in [-0.39, 0.29) is 5.56 Å². The first kappa shape index (κ1) is 15.9. The van der Waals surface area contributed by atoms with Crippen molar-refractivity contribution in [2.24, 2.45) is 0 Å². The molecule has 20 heavy (non-hydrogen) atoms. The van der Waals surface area contributed by atoms with Gasteiger partial charge in [-0.1, -0.05) is 13.3 Å². The maximum Gasteiger partial charge on any atom is 0.283 e. The molecule has 6 heteroatoms. The van der Waals surface area contributed by atoms with Gasteiger partial charge >= 0.3 is 0 Å². The molecule has 0 aromatic carbocycles. The summed E-state index contributed by atoms with van der Waals surface area (Å²) in [6.07, 6.45) is 9.54. The van der Waals surface area contributed by atoms with E-state index in [0.29, 0.717) is 17.1 Å². The van der Waals surface area contributed by atoms with Crippen LogP contribution < -0.4 is 10.9 Å². The van der Waals surface area contributed by atoms with Crippen LogP contribution in [0.2, 0.25) is 0 Å². The molecular formula is C14H22BrN3OS. The van der Waals surface area contributed by atoms with Gasteiger partial charge in [-0.25, -0.2) is 4.68 Å². The molecule has 0 bridgehead atoms. The fourth-order valence-corrected chi connectivity index (χ4v) is 3.76. The number of nitrogens with one attached hydrogen (secondary N) is 1. The second-order valence-corrected chi connectivity index (χ2v) is 7.20. The van der Waals surface area contributed by atoms with E-state index in [1.807, 2.05) is 11.8 Å². The topological polar surface area (TPSA) is 46.9 Å². The van der Waals surface area contributed by atoms with Crippen LogP contribution in [0.1, 0.15) is 39.0 Å². The molecular weight excluding hydrogens is 338 g/mol. The SMILES string of the molecule is CCCCn1ncc(NC2CCC(SC)C2)c(Br)c1=O. The first-order valence-corrected chi connectivity index (χ1v) is 9.28. The summed E-state index contributed by atoms with van der Waals surface area (Å²) in [7, 11) is 0. The van der Waals surface area contributed by atoms with E-state index in [1.165, 1.54) is 11.1 Å². The molecule has 2 unspecified atom stereocenters. The lowest BCUT2D eigenvalue weighted by molar-refractivity contribution is 0.540. The van der Waals surface area contributed by atoms with Crippen molar-refractivity contribution >= 4 is 33.4 Å². The average Bonchev–Trinajstić information content (AvgIpc) is 2.91. The Labute approximate surface area is 132 Å². The first-order valence-electron chi connectivity index (χ1n) is 7.20. The van der Waals surface area contributed by atoms with Crippen molar-refractivity contribution in [2.45, 2.75) is 56.9 Å². The lowest BCUT2D eigenvalue weighted by Gasteiger charge is -2.16. The third-order valence-corrected chi connectivity index (χ3v) is 5.65. The molecule has 2 rings (SSSR count). The van der Waals surface area contributed by atoms with Gasteiger partial charge in [-0.15, -0.1) is 0 Å².